The standard InChI is InChI=1S/C14H14N2O5/c1-7-10(13(19)21-2)11(16-14(20)15-7)8-3-5-9(6-4-8)12(17)18/h3-6,11H,1-2H3,(H,17,18)(H2,15,16,20)/p-1/t11-/m1/s1. The lowest BCUT2D eigenvalue weighted by Crippen LogP contribution is -2.45. The van der Waals surface area contributed by atoms with Crippen LogP contribution in [-0.4, -0.2) is 25.1 Å². The first-order valence-electron chi connectivity index (χ1n) is 6.12. The number of hydrogen-bond donors (Lipinski definition) is 2. The quantitative estimate of drug-likeness (QED) is 0.752. The minimum absolute atomic E-state index is 0.0133. The summed E-state index contributed by atoms with van der Waals surface area (Å²) in [4.78, 5) is 34.2. The summed E-state index contributed by atoms with van der Waals surface area (Å²) in [5.41, 5.74) is 1.23. The van der Waals surface area contributed by atoms with E-state index >= 15 is 0 Å². The fourth-order valence-corrected chi connectivity index (χ4v) is 2.14. The molecule has 0 saturated carbocycles. The molecule has 1 heterocycles. The second kappa shape index (κ2) is 5.66. The largest absolute Gasteiger partial charge is 0.545 e. The predicted molar refractivity (Wildman–Crippen MR) is 69.9 cm³/mol. The number of carbonyl (C=O) groups is 3. The van der Waals surface area contributed by atoms with Crippen LogP contribution in [0.5, 0.6) is 0 Å². The fraction of sp³-hybridized carbons (Fsp3) is 0.214. The maximum Gasteiger partial charge on any atom is 0.337 e. The molecule has 1 aliphatic rings. The maximum atomic E-state index is 11.9. The number of urea groups is 1. The summed E-state index contributed by atoms with van der Waals surface area (Å²) in [6, 6.07) is 4.57. The van der Waals surface area contributed by atoms with Gasteiger partial charge in [-0.3, -0.25) is 0 Å². The molecule has 0 aromatic heterocycles. The SMILES string of the molecule is COC(=O)C1=C(C)NC(=O)N[C@@H]1c1ccc(C(=O)[O-])cc1. The van der Waals surface area contributed by atoms with Gasteiger partial charge in [0.05, 0.1) is 24.7 Å². The molecule has 2 N–H and O–H groups in total. The van der Waals surface area contributed by atoms with Crippen LogP contribution in [0.2, 0.25) is 0 Å². The van der Waals surface area contributed by atoms with E-state index in [0.29, 0.717) is 11.3 Å². The number of methoxy groups -OCH3 is 1. The number of amides is 2. The van der Waals surface area contributed by atoms with Crippen LogP contribution >= 0.6 is 0 Å². The molecule has 1 aliphatic heterocycles. The minimum Gasteiger partial charge on any atom is -0.545 e. The zero-order valence-electron chi connectivity index (χ0n) is 11.4. The van der Waals surface area contributed by atoms with Crippen LogP contribution in [0.15, 0.2) is 35.5 Å². The number of allylic oxidation sites excluding steroid dienone is 1. The normalized spacial score (nSPS) is 17.8. The zero-order valence-corrected chi connectivity index (χ0v) is 11.4. The highest BCUT2D eigenvalue weighted by Gasteiger charge is 2.31. The Morgan fingerprint density at radius 3 is 2.38 bits per heavy atom. The van der Waals surface area contributed by atoms with E-state index in [2.05, 4.69) is 10.6 Å². The Bertz CT molecular complexity index is 633. The van der Waals surface area contributed by atoms with Gasteiger partial charge in [0, 0.05) is 5.70 Å². The maximum absolute atomic E-state index is 11.9. The van der Waals surface area contributed by atoms with E-state index in [1.165, 1.54) is 31.4 Å². The topological polar surface area (TPSA) is 108 Å². The van der Waals surface area contributed by atoms with Crippen molar-refractivity contribution in [3.63, 3.8) is 0 Å². The first kappa shape index (κ1) is 14.6. The first-order chi connectivity index (χ1) is 9.93. The Labute approximate surface area is 120 Å². The third-order valence-electron chi connectivity index (χ3n) is 3.15. The van der Waals surface area contributed by atoms with E-state index in [1.807, 2.05) is 0 Å². The molecule has 0 radical (unpaired) electrons. The van der Waals surface area contributed by atoms with Gasteiger partial charge in [0.15, 0.2) is 0 Å². The zero-order chi connectivity index (χ0) is 15.6. The second-order valence-corrected chi connectivity index (χ2v) is 4.47. The average Bonchev–Trinajstić information content (AvgIpc) is 2.45. The first-order valence-corrected chi connectivity index (χ1v) is 6.12. The van der Waals surface area contributed by atoms with Crippen molar-refractivity contribution < 1.29 is 24.2 Å². The Morgan fingerprint density at radius 2 is 1.86 bits per heavy atom. The number of esters is 1. The molecule has 1 atom stereocenters. The van der Waals surface area contributed by atoms with Crippen molar-refractivity contribution in [2.75, 3.05) is 7.11 Å². The number of carboxylic acids is 1. The molecule has 0 fully saturated rings. The lowest BCUT2D eigenvalue weighted by atomic mass is 9.95. The highest BCUT2D eigenvalue weighted by molar-refractivity contribution is 5.95. The number of ether oxygens (including phenoxy) is 1. The Balaban J connectivity index is 2.43. The molecule has 1 aromatic carbocycles. The molecule has 7 heteroatoms. The van der Waals surface area contributed by atoms with Crippen molar-refractivity contribution in [2.24, 2.45) is 0 Å². The number of carbonyl (C=O) groups excluding carboxylic acids is 3. The Kier molecular flexibility index (Phi) is 3.93. The molecule has 2 amide bonds. The van der Waals surface area contributed by atoms with Crippen molar-refractivity contribution in [3.8, 4) is 0 Å². The van der Waals surface area contributed by atoms with E-state index in [0.717, 1.165) is 0 Å². The van der Waals surface area contributed by atoms with Gasteiger partial charge in [0.25, 0.3) is 0 Å². The third kappa shape index (κ3) is 2.86. The average molecular weight is 289 g/mol. The number of hydrogen-bond acceptors (Lipinski definition) is 5. The van der Waals surface area contributed by atoms with Crippen LogP contribution < -0.4 is 15.7 Å². The lowest BCUT2D eigenvalue weighted by molar-refractivity contribution is -0.255. The van der Waals surface area contributed by atoms with Crippen LogP contribution in [0.1, 0.15) is 28.9 Å². The number of aromatic carboxylic acids is 1. The van der Waals surface area contributed by atoms with Crippen molar-refractivity contribution in [2.45, 2.75) is 13.0 Å². The molecule has 0 bridgehead atoms. The highest BCUT2D eigenvalue weighted by Crippen LogP contribution is 2.27. The Hall–Kier alpha value is -2.83. The summed E-state index contributed by atoms with van der Waals surface area (Å²) in [7, 11) is 1.25. The Morgan fingerprint density at radius 1 is 1.24 bits per heavy atom. The van der Waals surface area contributed by atoms with Crippen LogP contribution in [0, 0.1) is 0 Å². The van der Waals surface area contributed by atoms with E-state index in [-0.39, 0.29) is 11.1 Å². The summed E-state index contributed by atoms with van der Waals surface area (Å²) in [6.07, 6.45) is 0. The van der Waals surface area contributed by atoms with Crippen LogP contribution in [0.3, 0.4) is 0 Å². The van der Waals surface area contributed by atoms with Gasteiger partial charge in [-0.2, -0.15) is 0 Å². The summed E-state index contributed by atoms with van der Waals surface area (Å²) < 4.78 is 4.72. The summed E-state index contributed by atoms with van der Waals surface area (Å²) in [6.45, 7) is 1.59. The number of carboxylic acid groups (broad SMARTS) is 1. The van der Waals surface area contributed by atoms with Crippen LogP contribution in [0.4, 0.5) is 4.79 Å². The molecule has 0 aliphatic carbocycles. The predicted octanol–water partition coefficient (Wildman–Crippen LogP) is -0.149. The van der Waals surface area contributed by atoms with Crippen LogP contribution in [0.25, 0.3) is 0 Å². The van der Waals surface area contributed by atoms with Gasteiger partial charge < -0.3 is 25.3 Å². The van der Waals surface area contributed by atoms with Gasteiger partial charge in [0.2, 0.25) is 0 Å². The van der Waals surface area contributed by atoms with Crippen molar-refractivity contribution in [1.29, 1.82) is 0 Å². The molecule has 0 unspecified atom stereocenters. The molecule has 110 valence electrons. The van der Waals surface area contributed by atoms with Gasteiger partial charge in [-0.1, -0.05) is 24.3 Å². The number of nitrogens with one attached hydrogen (secondary N) is 2. The van der Waals surface area contributed by atoms with E-state index in [4.69, 9.17) is 4.74 Å². The number of benzene rings is 1. The third-order valence-corrected chi connectivity index (χ3v) is 3.15. The molecule has 0 saturated heterocycles. The van der Waals surface area contributed by atoms with Crippen molar-refractivity contribution >= 4 is 18.0 Å². The monoisotopic (exact) mass is 289 g/mol. The van der Waals surface area contributed by atoms with Crippen molar-refractivity contribution in [1.82, 2.24) is 10.6 Å². The smallest absolute Gasteiger partial charge is 0.337 e. The fourth-order valence-electron chi connectivity index (χ4n) is 2.14. The van der Waals surface area contributed by atoms with Gasteiger partial charge in [-0.05, 0) is 18.1 Å². The minimum atomic E-state index is -1.30. The molecule has 0 spiro atoms. The second-order valence-electron chi connectivity index (χ2n) is 4.47. The van der Waals surface area contributed by atoms with E-state index in [9.17, 15) is 19.5 Å². The van der Waals surface area contributed by atoms with Gasteiger partial charge in [-0.15, -0.1) is 0 Å². The van der Waals surface area contributed by atoms with Gasteiger partial charge >= 0.3 is 12.0 Å². The van der Waals surface area contributed by atoms with Gasteiger partial charge in [-0.25, -0.2) is 9.59 Å². The molecular formula is C14H13N2O5-. The van der Waals surface area contributed by atoms with E-state index in [1.54, 1.807) is 6.92 Å². The molecule has 21 heavy (non-hydrogen) atoms. The molecular weight excluding hydrogens is 276 g/mol. The molecule has 7 nitrogen and oxygen atoms in total. The van der Waals surface area contributed by atoms with Crippen LogP contribution in [-0.2, 0) is 9.53 Å². The van der Waals surface area contributed by atoms with Gasteiger partial charge in [0.1, 0.15) is 0 Å². The highest BCUT2D eigenvalue weighted by atomic mass is 16.5. The summed E-state index contributed by atoms with van der Waals surface area (Å²) >= 11 is 0. The molecule has 1 aromatic rings. The number of rotatable bonds is 3. The van der Waals surface area contributed by atoms with E-state index < -0.39 is 24.0 Å². The molecule has 2 rings (SSSR count). The van der Waals surface area contributed by atoms with Crippen molar-refractivity contribution in [3.05, 3.63) is 46.7 Å². The summed E-state index contributed by atoms with van der Waals surface area (Å²) in [5, 5.41) is 15.8. The summed E-state index contributed by atoms with van der Waals surface area (Å²) in [5.74, 6) is -1.87. The lowest BCUT2D eigenvalue weighted by Gasteiger charge is -2.27.